The number of halogens is 2. The summed E-state index contributed by atoms with van der Waals surface area (Å²) in [5.41, 5.74) is 4.02. The van der Waals surface area contributed by atoms with Crippen molar-refractivity contribution in [2.24, 2.45) is 0 Å². The molecule has 1 aromatic heterocycles. The van der Waals surface area contributed by atoms with Crippen molar-refractivity contribution >= 4 is 41.5 Å². The molecule has 2 heterocycles. The quantitative estimate of drug-likeness (QED) is 0.251. The van der Waals surface area contributed by atoms with Gasteiger partial charge in [-0.25, -0.2) is 19.4 Å². The standard InChI is InChI=1S/C33H40ClFN6O7/c1-22(42)41(36-20-24-11-8-12-26(35)30(24)34)25(13-14-29(43)39-15-17-40(18-16-39)32(45)47-33(2,3)4)21-46-31(44)37-28-19-27(38-48-28)23-9-6-5-7-10-23/h5-12,19,25,36H,13-18,20-21H2,1-4H3,(H,37,44)/t25-/m0/s1. The fourth-order valence-electron chi connectivity index (χ4n) is 4.94. The lowest BCUT2D eigenvalue weighted by Gasteiger charge is -2.36. The molecular formula is C33H40ClFN6O7. The highest BCUT2D eigenvalue weighted by Crippen LogP contribution is 2.22. The highest BCUT2D eigenvalue weighted by atomic mass is 35.5. The van der Waals surface area contributed by atoms with E-state index in [4.69, 9.17) is 25.6 Å². The smallest absolute Gasteiger partial charge is 0.414 e. The number of nitrogens with one attached hydrogen (secondary N) is 2. The maximum Gasteiger partial charge on any atom is 0.414 e. The molecule has 15 heteroatoms. The molecule has 0 unspecified atom stereocenters. The molecule has 3 aromatic rings. The number of benzene rings is 2. The molecule has 1 aliphatic rings. The molecule has 2 aromatic carbocycles. The molecule has 0 saturated carbocycles. The second kappa shape index (κ2) is 16.4. The van der Waals surface area contributed by atoms with Crippen LogP contribution in [0.1, 0.15) is 46.1 Å². The number of hydrogen-bond acceptors (Lipinski definition) is 9. The lowest BCUT2D eigenvalue weighted by molar-refractivity contribution is -0.139. The van der Waals surface area contributed by atoms with Crippen LogP contribution in [0.2, 0.25) is 5.02 Å². The summed E-state index contributed by atoms with van der Waals surface area (Å²) >= 11 is 6.11. The Hall–Kier alpha value is -4.69. The predicted octanol–water partition coefficient (Wildman–Crippen LogP) is 5.46. The fraction of sp³-hybridized carbons (Fsp3) is 0.424. The van der Waals surface area contributed by atoms with Crippen molar-refractivity contribution in [3.63, 3.8) is 0 Å². The first kappa shape index (κ1) is 36.2. The fourth-order valence-corrected chi connectivity index (χ4v) is 5.13. The number of amides is 4. The Labute approximate surface area is 283 Å². The second-order valence-electron chi connectivity index (χ2n) is 12.1. The largest absolute Gasteiger partial charge is 0.447 e. The third kappa shape index (κ3) is 10.4. The third-order valence-electron chi connectivity index (χ3n) is 7.36. The number of piperazine rings is 1. The summed E-state index contributed by atoms with van der Waals surface area (Å²) in [5, 5.41) is 7.59. The van der Waals surface area contributed by atoms with Crippen LogP contribution in [-0.2, 0) is 25.6 Å². The van der Waals surface area contributed by atoms with Crippen molar-refractivity contribution in [2.75, 3.05) is 38.1 Å². The lowest BCUT2D eigenvalue weighted by Crippen LogP contribution is -2.53. The van der Waals surface area contributed by atoms with Gasteiger partial charge in [0.15, 0.2) is 0 Å². The number of anilines is 1. The Morgan fingerprint density at radius 2 is 1.73 bits per heavy atom. The number of rotatable bonds is 11. The summed E-state index contributed by atoms with van der Waals surface area (Å²) in [7, 11) is 0. The van der Waals surface area contributed by atoms with Crippen LogP contribution in [0.25, 0.3) is 11.3 Å². The zero-order valence-electron chi connectivity index (χ0n) is 27.3. The van der Waals surface area contributed by atoms with Crippen LogP contribution < -0.4 is 10.7 Å². The first-order valence-electron chi connectivity index (χ1n) is 15.5. The highest BCUT2D eigenvalue weighted by molar-refractivity contribution is 6.31. The van der Waals surface area contributed by atoms with Crippen LogP contribution >= 0.6 is 11.6 Å². The van der Waals surface area contributed by atoms with Crippen LogP contribution in [-0.4, -0.2) is 88.4 Å². The van der Waals surface area contributed by atoms with Crippen molar-refractivity contribution in [2.45, 2.75) is 58.7 Å². The molecule has 4 amide bonds. The Kier molecular flexibility index (Phi) is 12.4. The molecule has 4 rings (SSSR count). The predicted molar refractivity (Wildman–Crippen MR) is 175 cm³/mol. The number of carbonyl (C=O) groups is 4. The first-order valence-corrected chi connectivity index (χ1v) is 15.9. The van der Waals surface area contributed by atoms with Gasteiger partial charge in [-0.3, -0.25) is 19.9 Å². The van der Waals surface area contributed by atoms with Crippen molar-refractivity contribution in [3.8, 4) is 11.3 Å². The van der Waals surface area contributed by atoms with Gasteiger partial charge in [-0.15, -0.1) is 0 Å². The Morgan fingerprint density at radius 3 is 2.40 bits per heavy atom. The maximum absolute atomic E-state index is 14.0. The van der Waals surface area contributed by atoms with Gasteiger partial charge in [-0.05, 0) is 38.8 Å². The summed E-state index contributed by atoms with van der Waals surface area (Å²) in [5.74, 6) is -1.18. The first-order chi connectivity index (χ1) is 22.8. The topological polar surface area (TPSA) is 147 Å². The van der Waals surface area contributed by atoms with E-state index in [-0.39, 0.29) is 42.8 Å². The van der Waals surface area contributed by atoms with Crippen LogP contribution in [0.5, 0.6) is 0 Å². The summed E-state index contributed by atoms with van der Waals surface area (Å²) in [6.45, 7) is 7.63. The maximum atomic E-state index is 14.0. The van der Waals surface area contributed by atoms with Crippen LogP contribution in [0.4, 0.5) is 19.9 Å². The average Bonchev–Trinajstić information content (AvgIpc) is 3.51. The number of nitrogens with zero attached hydrogens (tertiary/aromatic N) is 4. The lowest BCUT2D eigenvalue weighted by atomic mass is 10.1. The Bertz CT molecular complexity index is 1570. The molecule has 258 valence electrons. The van der Waals surface area contributed by atoms with E-state index in [0.717, 1.165) is 5.56 Å². The zero-order chi connectivity index (χ0) is 34.8. The molecular weight excluding hydrogens is 647 g/mol. The van der Waals surface area contributed by atoms with E-state index in [1.54, 1.807) is 42.7 Å². The van der Waals surface area contributed by atoms with E-state index in [9.17, 15) is 23.6 Å². The molecule has 1 fully saturated rings. The zero-order valence-corrected chi connectivity index (χ0v) is 28.1. The molecule has 2 N–H and O–H groups in total. The Morgan fingerprint density at radius 1 is 1.04 bits per heavy atom. The normalized spacial score (nSPS) is 13.9. The van der Waals surface area contributed by atoms with Crippen LogP contribution in [0.15, 0.2) is 59.1 Å². The van der Waals surface area contributed by atoms with Gasteiger partial charge in [-0.1, -0.05) is 59.2 Å². The average molecular weight is 687 g/mol. The van der Waals surface area contributed by atoms with E-state index >= 15 is 0 Å². The summed E-state index contributed by atoms with van der Waals surface area (Å²) in [6.07, 6.45) is -1.18. The molecule has 0 bridgehead atoms. The minimum Gasteiger partial charge on any atom is -0.447 e. The minimum absolute atomic E-state index is 0.0107. The third-order valence-corrected chi connectivity index (χ3v) is 7.79. The number of aromatic nitrogens is 1. The Balaban J connectivity index is 1.39. The van der Waals surface area contributed by atoms with Crippen LogP contribution in [0.3, 0.4) is 0 Å². The monoisotopic (exact) mass is 686 g/mol. The highest BCUT2D eigenvalue weighted by Gasteiger charge is 2.30. The molecule has 0 aliphatic carbocycles. The summed E-state index contributed by atoms with van der Waals surface area (Å²) in [6, 6.07) is 14.3. The van der Waals surface area contributed by atoms with Crippen LogP contribution in [0, 0.1) is 5.82 Å². The second-order valence-corrected chi connectivity index (χ2v) is 12.5. The van der Waals surface area contributed by atoms with Gasteiger partial charge in [-0.2, -0.15) is 0 Å². The van der Waals surface area contributed by atoms with Crippen molar-refractivity contribution < 1.29 is 37.6 Å². The van der Waals surface area contributed by atoms with Gasteiger partial charge >= 0.3 is 12.2 Å². The molecule has 48 heavy (non-hydrogen) atoms. The van der Waals surface area contributed by atoms with Gasteiger partial charge in [0.25, 0.3) is 0 Å². The summed E-state index contributed by atoms with van der Waals surface area (Å²) in [4.78, 5) is 54.4. The minimum atomic E-state index is -0.864. The van der Waals surface area contributed by atoms with E-state index in [0.29, 0.717) is 37.4 Å². The van der Waals surface area contributed by atoms with Crippen molar-refractivity contribution in [1.29, 1.82) is 0 Å². The number of ether oxygens (including phenoxy) is 2. The number of carbonyl (C=O) groups excluding carboxylic acids is 4. The molecule has 1 aliphatic heterocycles. The van der Waals surface area contributed by atoms with Crippen molar-refractivity contribution in [3.05, 3.63) is 71.0 Å². The van der Waals surface area contributed by atoms with Gasteiger partial charge in [0.05, 0.1) is 11.1 Å². The molecule has 1 saturated heterocycles. The van der Waals surface area contributed by atoms with E-state index in [1.165, 1.54) is 24.1 Å². The SMILES string of the molecule is CC(=O)N(NCc1cccc(F)c1Cl)[C@@H](CCC(=O)N1CCN(C(=O)OC(C)(C)C)CC1)COC(=O)Nc1cc(-c2ccccc2)no1. The van der Waals surface area contributed by atoms with E-state index in [2.05, 4.69) is 15.9 Å². The molecule has 0 spiro atoms. The molecule has 0 radical (unpaired) electrons. The molecule has 1 atom stereocenters. The van der Waals surface area contributed by atoms with Gasteiger partial charge in [0.2, 0.25) is 17.7 Å². The van der Waals surface area contributed by atoms with Gasteiger partial charge in [0, 0.05) is 57.7 Å². The van der Waals surface area contributed by atoms with Gasteiger partial charge < -0.3 is 23.8 Å². The van der Waals surface area contributed by atoms with E-state index < -0.39 is 35.6 Å². The number of hydrogen-bond donors (Lipinski definition) is 2. The van der Waals surface area contributed by atoms with Crippen molar-refractivity contribution in [1.82, 2.24) is 25.4 Å². The summed E-state index contributed by atoms with van der Waals surface area (Å²) < 4.78 is 30.2. The van der Waals surface area contributed by atoms with E-state index in [1.807, 2.05) is 30.3 Å². The molecule has 13 nitrogen and oxygen atoms in total. The number of hydrazine groups is 1. The van der Waals surface area contributed by atoms with Gasteiger partial charge in [0.1, 0.15) is 23.7 Å².